The number of alkyl halides is 6. The van der Waals surface area contributed by atoms with E-state index in [1.165, 1.54) is 13.1 Å². The summed E-state index contributed by atoms with van der Waals surface area (Å²) < 4.78 is 80.1. The zero-order valence-electron chi connectivity index (χ0n) is 21.2. The second-order valence-corrected chi connectivity index (χ2v) is 9.75. The topological polar surface area (TPSA) is 78.5 Å². The second kappa shape index (κ2) is 12.8. The Morgan fingerprint density at radius 1 is 1.05 bits per heavy atom. The Morgan fingerprint density at radius 3 is 2.23 bits per heavy atom. The van der Waals surface area contributed by atoms with Crippen molar-refractivity contribution in [3.05, 3.63) is 81.9 Å². The summed E-state index contributed by atoms with van der Waals surface area (Å²) >= 11 is 5.92. The molecule has 0 spiro atoms. The van der Waals surface area contributed by atoms with Gasteiger partial charge in [-0.25, -0.2) is 0 Å². The minimum atomic E-state index is -5.13. The van der Waals surface area contributed by atoms with Crippen molar-refractivity contribution < 1.29 is 40.7 Å². The average Bonchev–Trinajstić information content (AvgIpc) is 3.09. The zero-order chi connectivity index (χ0) is 29.7. The number of carbonyl (C=O) groups is 3. The predicted octanol–water partition coefficient (Wildman–Crippen LogP) is 5.40. The minimum absolute atomic E-state index is 0.0538. The van der Waals surface area contributed by atoms with Crippen molar-refractivity contribution in [1.29, 1.82) is 0 Å². The minimum Gasteiger partial charge on any atom is -0.354 e. The van der Waals surface area contributed by atoms with Gasteiger partial charge in [0.05, 0.1) is 17.2 Å². The third-order valence-electron chi connectivity index (χ3n) is 6.33. The van der Waals surface area contributed by atoms with Crippen LogP contribution in [0.4, 0.5) is 26.3 Å². The van der Waals surface area contributed by atoms with Crippen molar-refractivity contribution in [2.75, 3.05) is 13.6 Å². The normalized spacial score (nSPS) is 17.2. The molecule has 3 amide bonds. The Balaban J connectivity index is 1.91. The number of nitrogens with zero attached hydrogens (tertiary/aromatic N) is 1. The maximum Gasteiger partial charge on any atom is 0.416 e. The summed E-state index contributed by atoms with van der Waals surface area (Å²) in [5, 5.41) is 5.68. The molecular weight excluding hydrogens is 564 g/mol. The molecule has 216 valence electrons. The molecule has 3 rings (SSSR count). The van der Waals surface area contributed by atoms with E-state index < -0.39 is 52.9 Å². The summed E-state index contributed by atoms with van der Waals surface area (Å²) in [6, 6.07) is 5.32. The lowest BCUT2D eigenvalue weighted by Gasteiger charge is -2.27. The Morgan fingerprint density at radius 2 is 1.65 bits per heavy atom. The monoisotopic (exact) mass is 589 g/mol. The zero-order valence-corrected chi connectivity index (χ0v) is 22.0. The van der Waals surface area contributed by atoms with Gasteiger partial charge in [-0.3, -0.25) is 14.4 Å². The van der Waals surface area contributed by atoms with Gasteiger partial charge in [0, 0.05) is 30.3 Å². The van der Waals surface area contributed by atoms with E-state index in [9.17, 15) is 40.7 Å². The fourth-order valence-corrected chi connectivity index (χ4v) is 4.25. The molecule has 0 unspecified atom stereocenters. The smallest absolute Gasteiger partial charge is 0.354 e. The van der Waals surface area contributed by atoms with Gasteiger partial charge in [0.2, 0.25) is 11.8 Å². The van der Waals surface area contributed by atoms with Gasteiger partial charge in [0.15, 0.2) is 0 Å². The molecule has 40 heavy (non-hydrogen) atoms. The molecule has 1 fully saturated rings. The summed E-state index contributed by atoms with van der Waals surface area (Å²) in [5.41, 5.74) is -3.43. The number of nitrogens with one attached hydrogen (secondary N) is 2. The van der Waals surface area contributed by atoms with Crippen molar-refractivity contribution >= 4 is 29.3 Å². The molecule has 1 aliphatic heterocycles. The number of carbonyl (C=O) groups excluding carboxylic acids is 3. The van der Waals surface area contributed by atoms with Gasteiger partial charge in [-0.05, 0) is 61.6 Å². The summed E-state index contributed by atoms with van der Waals surface area (Å²) in [6.07, 6.45) is -5.92. The number of halogens is 7. The van der Waals surface area contributed by atoms with Gasteiger partial charge in [-0.1, -0.05) is 29.8 Å². The SMILES string of the molecule is CN(C(=O)c1cc(C(F)(F)F)cc(C(F)(F)F)c1)[C@@H](/C=C/C(=O)N[C@H]1CCCCNC1=O)Cc1ccc(Cl)cc1. The lowest BCUT2D eigenvalue weighted by molar-refractivity contribution is -0.143. The van der Waals surface area contributed by atoms with Gasteiger partial charge < -0.3 is 15.5 Å². The number of hydrogen-bond acceptors (Lipinski definition) is 3. The number of likely N-dealkylation sites (N-methyl/N-ethyl adjacent to an activating group) is 1. The molecule has 0 bridgehead atoms. The molecule has 0 aromatic heterocycles. The Labute approximate surface area is 231 Å². The van der Waals surface area contributed by atoms with Crippen LogP contribution in [0.1, 0.15) is 46.3 Å². The summed E-state index contributed by atoms with van der Waals surface area (Å²) in [4.78, 5) is 38.9. The molecule has 13 heteroatoms. The van der Waals surface area contributed by atoms with Crippen LogP contribution in [0, 0.1) is 0 Å². The average molecular weight is 590 g/mol. The van der Waals surface area contributed by atoms with Gasteiger partial charge in [0.1, 0.15) is 6.04 Å². The second-order valence-electron chi connectivity index (χ2n) is 9.32. The first kappa shape index (κ1) is 31.0. The van der Waals surface area contributed by atoms with Crippen molar-refractivity contribution in [3.8, 4) is 0 Å². The molecule has 1 aliphatic rings. The lowest BCUT2D eigenvalue weighted by Crippen LogP contribution is -2.45. The molecule has 0 aliphatic carbocycles. The van der Waals surface area contributed by atoms with Crippen LogP contribution in [0.25, 0.3) is 0 Å². The highest BCUT2D eigenvalue weighted by atomic mass is 35.5. The maximum absolute atomic E-state index is 13.3. The number of hydrogen-bond donors (Lipinski definition) is 2. The molecule has 0 saturated carbocycles. The molecular formula is C27H26ClF6N3O3. The molecule has 1 heterocycles. The first-order valence-corrected chi connectivity index (χ1v) is 12.6. The molecule has 2 aromatic rings. The van der Waals surface area contributed by atoms with Gasteiger partial charge in [-0.2, -0.15) is 26.3 Å². The largest absolute Gasteiger partial charge is 0.416 e. The van der Waals surface area contributed by atoms with E-state index in [0.717, 1.165) is 17.4 Å². The van der Waals surface area contributed by atoms with Crippen molar-refractivity contribution in [2.24, 2.45) is 0 Å². The van der Waals surface area contributed by atoms with Crippen LogP contribution in [0.3, 0.4) is 0 Å². The summed E-state index contributed by atoms with van der Waals surface area (Å²) in [7, 11) is 1.21. The first-order valence-electron chi connectivity index (χ1n) is 12.2. The predicted molar refractivity (Wildman–Crippen MR) is 135 cm³/mol. The molecule has 2 aromatic carbocycles. The number of rotatable bonds is 7. The third-order valence-corrected chi connectivity index (χ3v) is 6.58. The standard InChI is InChI=1S/C27H26ClF6N3O3/c1-37(25(40)17-13-18(26(29,30)31)15-19(14-17)27(32,33)34)21(12-16-5-7-20(28)8-6-16)9-10-23(38)36-22-4-2-3-11-35-24(22)39/h5-10,13-15,21-22H,2-4,11-12H2,1H3,(H,35,39)(H,36,38)/b10-9+/t21-,22-/m0/s1. The van der Waals surface area contributed by atoms with E-state index in [0.29, 0.717) is 42.1 Å². The molecule has 1 saturated heterocycles. The van der Waals surface area contributed by atoms with E-state index in [2.05, 4.69) is 10.6 Å². The molecule has 0 radical (unpaired) electrons. The molecule has 6 nitrogen and oxygen atoms in total. The van der Waals surface area contributed by atoms with Crippen LogP contribution in [0.2, 0.25) is 5.02 Å². The van der Waals surface area contributed by atoms with Crippen LogP contribution in [0.15, 0.2) is 54.6 Å². The quantitative estimate of drug-likeness (QED) is 0.335. The van der Waals surface area contributed by atoms with E-state index in [1.54, 1.807) is 24.3 Å². The van der Waals surface area contributed by atoms with Gasteiger partial charge >= 0.3 is 12.4 Å². The van der Waals surface area contributed by atoms with E-state index in [4.69, 9.17) is 11.6 Å². The Hall–Kier alpha value is -3.54. The third kappa shape index (κ3) is 8.48. The molecule has 2 atom stereocenters. The van der Waals surface area contributed by atoms with Crippen LogP contribution >= 0.6 is 11.6 Å². The van der Waals surface area contributed by atoms with Gasteiger partial charge in [-0.15, -0.1) is 0 Å². The van der Waals surface area contributed by atoms with E-state index in [-0.39, 0.29) is 18.4 Å². The van der Waals surface area contributed by atoms with Crippen molar-refractivity contribution in [2.45, 2.75) is 50.1 Å². The van der Waals surface area contributed by atoms with Crippen molar-refractivity contribution in [1.82, 2.24) is 15.5 Å². The highest BCUT2D eigenvalue weighted by molar-refractivity contribution is 6.30. The maximum atomic E-state index is 13.3. The summed E-state index contributed by atoms with van der Waals surface area (Å²) in [6.45, 7) is 0.489. The first-order chi connectivity index (χ1) is 18.6. The number of amides is 3. The Kier molecular flexibility index (Phi) is 9.88. The Bertz CT molecular complexity index is 1230. The summed E-state index contributed by atoms with van der Waals surface area (Å²) in [5.74, 6) is -2.11. The van der Waals surface area contributed by atoms with Crippen LogP contribution in [0.5, 0.6) is 0 Å². The van der Waals surface area contributed by atoms with Crippen LogP contribution in [-0.2, 0) is 28.4 Å². The van der Waals surface area contributed by atoms with Gasteiger partial charge in [0.25, 0.3) is 5.91 Å². The fraction of sp³-hybridized carbons (Fsp3) is 0.370. The highest BCUT2D eigenvalue weighted by Crippen LogP contribution is 2.36. The molecule has 2 N–H and O–H groups in total. The van der Waals surface area contributed by atoms with E-state index >= 15 is 0 Å². The number of benzene rings is 2. The fourth-order valence-electron chi connectivity index (χ4n) is 4.12. The highest BCUT2D eigenvalue weighted by Gasteiger charge is 2.38. The lowest BCUT2D eigenvalue weighted by atomic mass is 10.0. The van der Waals surface area contributed by atoms with Crippen molar-refractivity contribution in [3.63, 3.8) is 0 Å². The van der Waals surface area contributed by atoms with Crippen LogP contribution < -0.4 is 10.6 Å². The van der Waals surface area contributed by atoms with Crippen LogP contribution in [-0.4, -0.2) is 48.3 Å². The van der Waals surface area contributed by atoms with E-state index in [1.807, 2.05) is 0 Å².